The van der Waals surface area contributed by atoms with Crippen molar-refractivity contribution in [2.24, 2.45) is 0 Å². The summed E-state index contributed by atoms with van der Waals surface area (Å²) in [6, 6.07) is 12.1. The normalized spacial score (nSPS) is 11.7. The van der Waals surface area contributed by atoms with Crippen molar-refractivity contribution in [3.63, 3.8) is 0 Å². The van der Waals surface area contributed by atoms with E-state index >= 15 is 0 Å². The van der Waals surface area contributed by atoms with Crippen molar-refractivity contribution >= 4 is 44.6 Å². The number of aryl methyl sites for hydroxylation is 1. The summed E-state index contributed by atoms with van der Waals surface area (Å²) in [6.07, 6.45) is 0. The number of sulfonamides is 1. The summed E-state index contributed by atoms with van der Waals surface area (Å²) in [5, 5.41) is 2.94. The third kappa shape index (κ3) is 3.62. The van der Waals surface area contributed by atoms with E-state index in [1.807, 2.05) is 6.92 Å². The molecule has 0 unspecified atom stereocenters. The number of fused-ring (bicyclic) bond motifs is 1. The van der Waals surface area contributed by atoms with Gasteiger partial charge in [0.05, 0.1) is 20.6 Å². The number of hydrogen-bond donors (Lipinski definition) is 3. The highest BCUT2D eigenvalue weighted by atomic mass is 35.5. The molecule has 2 aromatic heterocycles. The Bertz CT molecular complexity index is 1500. The van der Waals surface area contributed by atoms with Gasteiger partial charge in [-0.2, -0.15) is 4.52 Å². The molecule has 0 radical (unpaired) electrons. The lowest BCUT2D eigenvalue weighted by atomic mass is 10.1. The number of aromatic amines is 2. The summed E-state index contributed by atoms with van der Waals surface area (Å²) in [5.41, 5.74) is 0.0573. The molecule has 8 nitrogen and oxygen atoms in total. The average Bonchev–Trinajstić information content (AvgIpc) is 3.00. The van der Waals surface area contributed by atoms with E-state index in [1.54, 1.807) is 30.3 Å². The minimum Gasteiger partial charge on any atom is -0.338 e. The first-order valence-corrected chi connectivity index (χ1v) is 10.8. The predicted octanol–water partition coefficient (Wildman–Crippen LogP) is 3.40. The molecular weight excluding hydrogens is 451 g/mol. The van der Waals surface area contributed by atoms with Crippen molar-refractivity contribution in [1.82, 2.24) is 14.6 Å². The summed E-state index contributed by atoms with van der Waals surface area (Å²) in [5.74, 6) is 0. The van der Waals surface area contributed by atoms with Crippen LogP contribution in [0.5, 0.6) is 0 Å². The van der Waals surface area contributed by atoms with Crippen LogP contribution in [0.2, 0.25) is 10.0 Å². The summed E-state index contributed by atoms with van der Waals surface area (Å²) in [6.45, 7) is 1.82. The molecular formula is C19H14Cl2N4O4S. The molecule has 0 spiro atoms. The fraction of sp³-hybridized carbons (Fsp3) is 0.0526. The third-order valence-electron chi connectivity index (χ3n) is 4.44. The van der Waals surface area contributed by atoms with Crippen LogP contribution in [0.4, 0.5) is 5.69 Å². The Morgan fingerprint density at radius 1 is 0.967 bits per heavy atom. The molecule has 0 aliphatic carbocycles. The monoisotopic (exact) mass is 464 g/mol. The molecule has 0 amide bonds. The molecule has 3 N–H and O–H groups in total. The Labute approximate surface area is 180 Å². The number of halogens is 2. The molecule has 4 rings (SSSR count). The molecule has 0 bridgehead atoms. The van der Waals surface area contributed by atoms with Gasteiger partial charge in [-0.3, -0.25) is 19.4 Å². The predicted molar refractivity (Wildman–Crippen MR) is 116 cm³/mol. The number of nitrogens with zero attached hydrogens (tertiary/aromatic N) is 1. The number of aromatic nitrogens is 3. The van der Waals surface area contributed by atoms with Crippen molar-refractivity contribution in [3.8, 4) is 11.3 Å². The first-order chi connectivity index (χ1) is 14.2. The van der Waals surface area contributed by atoms with Crippen LogP contribution in [-0.4, -0.2) is 23.0 Å². The van der Waals surface area contributed by atoms with E-state index in [9.17, 15) is 18.0 Å². The first kappa shape index (κ1) is 20.3. The molecule has 0 atom stereocenters. The maximum Gasteiger partial charge on any atom is 0.291 e. The molecule has 154 valence electrons. The second kappa shape index (κ2) is 7.35. The van der Waals surface area contributed by atoms with Gasteiger partial charge in [0, 0.05) is 6.07 Å². The SMILES string of the molecule is Cc1ccc(S(=O)(=O)Nc2c(=O)[nH]n3c(=O)cc(-c4ccc(Cl)c(Cl)c4)[nH]c23)cc1. The summed E-state index contributed by atoms with van der Waals surface area (Å²) in [7, 11) is -4.06. The zero-order valence-corrected chi connectivity index (χ0v) is 17.7. The van der Waals surface area contributed by atoms with Gasteiger partial charge in [-0.1, -0.05) is 47.0 Å². The number of anilines is 1. The van der Waals surface area contributed by atoms with Crippen molar-refractivity contribution in [1.29, 1.82) is 0 Å². The molecule has 0 aliphatic rings. The van der Waals surface area contributed by atoms with Gasteiger partial charge in [-0.25, -0.2) is 8.42 Å². The van der Waals surface area contributed by atoms with Gasteiger partial charge in [0.25, 0.3) is 21.1 Å². The molecule has 0 aliphatic heterocycles. The summed E-state index contributed by atoms with van der Waals surface area (Å²) < 4.78 is 28.7. The smallest absolute Gasteiger partial charge is 0.291 e. The maximum atomic E-state index is 12.7. The number of benzene rings is 2. The Balaban J connectivity index is 1.86. The van der Waals surface area contributed by atoms with Crippen molar-refractivity contribution in [3.05, 3.63) is 84.8 Å². The third-order valence-corrected chi connectivity index (χ3v) is 6.55. The van der Waals surface area contributed by atoms with Crippen LogP contribution in [0.3, 0.4) is 0 Å². The Hall–Kier alpha value is -3.01. The molecule has 4 aromatic rings. The minimum absolute atomic E-state index is 0.0187. The van der Waals surface area contributed by atoms with Crippen molar-refractivity contribution < 1.29 is 8.42 Å². The highest BCUT2D eigenvalue weighted by molar-refractivity contribution is 7.92. The van der Waals surface area contributed by atoms with Crippen molar-refractivity contribution in [2.45, 2.75) is 11.8 Å². The van der Waals surface area contributed by atoms with Crippen molar-refractivity contribution in [2.75, 3.05) is 4.72 Å². The van der Waals surface area contributed by atoms with E-state index in [4.69, 9.17) is 23.2 Å². The van der Waals surface area contributed by atoms with Crippen LogP contribution in [0.25, 0.3) is 16.9 Å². The van der Waals surface area contributed by atoms with E-state index < -0.39 is 21.1 Å². The molecule has 0 fully saturated rings. The number of nitrogens with one attached hydrogen (secondary N) is 3. The van der Waals surface area contributed by atoms with E-state index in [1.165, 1.54) is 18.2 Å². The Kier molecular flexibility index (Phi) is 4.97. The molecule has 2 aromatic carbocycles. The largest absolute Gasteiger partial charge is 0.338 e. The maximum absolute atomic E-state index is 12.7. The van der Waals surface area contributed by atoms with Crippen LogP contribution in [-0.2, 0) is 10.0 Å². The van der Waals surface area contributed by atoms with E-state index in [2.05, 4.69) is 14.8 Å². The summed E-state index contributed by atoms with van der Waals surface area (Å²) >= 11 is 12.0. The van der Waals surface area contributed by atoms with Gasteiger partial charge >= 0.3 is 0 Å². The number of H-pyrrole nitrogens is 2. The lowest BCUT2D eigenvalue weighted by Crippen LogP contribution is -2.17. The molecule has 30 heavy (non-hydrogen) atoms. The molecule has 0 saturated heterocycles. The fourth-order valence-electron chi connectivity index (χ4n) is 2.89. The van der Waals surface area contributed by atoms with Gasteiger partial charge in [-0.05, 0) is 36.8 Å². The van der Waals surface area contributed by atoms with Gasteiger partial charge in [0.2, 0.25) is 0 Å². The van der Waals surface area contributed by atoms with Crippen LogP contribution < -0.4 is 15.8 Å². The Morgan fingerprint density at radius 2 is 1.67 bits per heavy atom. The lowest BCUT2D eigenvalue weighted by molar-refractivity contribution is 0.601. The highest BCUT2D eigenvalue weighted by Gasteiger charge is 2.21. The molecule has 0 saturated carbocycles. The van der Waals surface area contributed by atoms with E-state index in [0.29, 0.717) is 16.3 Å². The van der Waals surface area contributed by atoms with Crippen LogP contribution in [0.1, 0.15) is 5.56 Å². The first-order valence-electron chi connectivity index (χ1n) is 8.59. The topological polar surface area (TPSA) is 116 Å². The second-order valence-corrected chi connectivity index (χ2v) is 9.07. The standard InChI is InChI=1S/C19H14Cl2N4O4S/c1-10-2-5-12(6-3-10)30(28,29)24-17-18-22-15(9-16(26)25(18)23-19(17)27)11-4-7-13(20)14(21)8-11/h2-9,22,24H,1H3,(H,23,27). The quantitative estimate of drug-likeness (QED) is 0.428. The van der Waals surface area contributed by atoms with Crippen LogP contribution in [0, 0.1) is 6.92 Å². The van der Waals surface area contributed by atoms with Gasteiger partial charge < -0.3 is 4.98 Å². The van der Waals surface area contributed by atoms with Gasteiger partial charge in [0.15, 0.2) is 11.3 Å². The zero-order valence-electron chi connectivity index (χ0n) is 15.4. The van der Waals surface area contributed by atoms with Crippen LogP contribution in [0.15, 0.2) is 63.0 Å². The van der Waals surface area contributed by atoms with E-state index in [-0.39, 0.29) is 21.3 Å². The summed E-state index contributed by atoms with van der Waals surface area (Å²) in [4.78, 5) is 27.8. The number of hydrogen-bond acceptors (Lipinski definition) is 4. The van der Waals surface area contributed by atoms with Gasteiger partial charge in [-0.15, -0.1) is 0 Å². The van der Waals surface area contributed by atoms with E-state index in [0.717, 1.165) is 10.1 Å². The van der Waals surface area contributed by atoms with Crippen LogP contribution >= 0.6 is 23.2 Å². The Morgan fingerprint density at radius 3 is 2.33 bits per heavy atom. The molecule has 11 heteroatoms. The second-order valence-electron chi connectivity index (χ2n) is 6.57. The fourth-order valence-corrected chi connectivity index (χ4v) is 4.26. The number of rotatable bonds is 4. The average molecular weight is 465 g/mol. The van der Waals surface area contributed by atoms with Gasteiger partial charge in [0.1, 0.15) is 0 Å². The highest BCUT2D eigenvalue weighted by Crippen LogP contribution is 2.28. The molecule has 2 heterocycles. The minimum atomic E-state index is -4.06. The zero-order chi connectivity index (χ0) is 21.6. The lowest BCUT2D eigenvalue weighted by Gasteiger charge is -2.08.